The average molecular weight is 344 g/mol. The van der Waals surface area contributed by atoms with Gasteiger partial charge in [-0.1, -0.05) is 26.0 Å². The standard InChI is InChI=1S/C16H16N4O3S/c1-9(2)12-8-24-16(17-12)18-13(21)7-20-15(23)11-6-4-3-5-10(11)14(22)19-20/h3-6,8-9H,7H2,1-2H3,(H,19,22)(H,17,18,21). The molecule has 0 bridgehead atoms. The first kappa shape index (κ1) is 16.1. The number of anilines is 1. The van der Waals surface area contributed by atoms with Crippen LogP contribution in [0.3, 0.4) is 0 Å². The van der Waals surface area contributed by atoms with E-state index < -0.39 is 17.0 Å². The quantitative estimate of drug-likeness (QED) is 0.755. The number of benzene rings is 1. The van der Waals surface area contributed by atoms with Crippen LogP contribution in [-0.4, -0.2) is 20.7 Å². The van der Waals surface area contributed by atoms with Crippen molar-refractivity contribution >= 4 is 33.1 Å². The summed E-state index contributed by atoms with van der Waals surface area (Å²) in [6, 6.07) is 6.50. The van der Waals surface area contributed by atoms with Gasteiger partial charge in [0, 0.05) is 5.38 Å². The molecular formula is C16H16N4O3S. The minimum Gasteiger partial charge on any atom is -0.300 e. The third-order valence-electron chi connectivity index (χ3n) is 3.55. The summed E-state index contributed by atoms with van der Waals surface area (Å²) in [6.45, 7) is 3.75. The molecule has 0 fully saturated rings. The number of hydrogen-bond donors (Lipinski definition) is 2. The molecule has 24 heavy (non-hydrogen) atoms. The number of carbonyl (C=O) groups is 1. The third kappa shape index (κ3) is 3.13. The minimum absolute atomic E-state index is 0.270. The van der Waals surface area contributed by atoms with Crippen LogP contribution in [0.1, 0.15) is 25.5 Å². The van der Waals surface area contributed by atoms with E-state index in [0.717, 1.165) is 10.4 Å². The van der Waals surface area contributed by atoms with Crippen molar-refractivity contribution in [2.45, 2.75) is 26.3 Å². The van der Waals surface area contributed by atoms with E-state index in [2.05, 4.69) is 15.4 Å². The lowest BCUT2D eigenvalue weighted by atomic mass is 10.2. The monoisotopic (exact) mass is 344 g/mol. The van der Waals surface area contributed by atoms with Gasteiger partial charge in [-0.15, -0.1) is 11.3 Å². The number of thiazole rings is 1. The van der Waals surface area contributed by atoms with Crippen molar-refractivity contribution in [2.24, 2.45) is 0 Å². The van der Waals surface area contributed by atoms with Crippen molar-refractivity contribution in [2.75, 3.05) is 5.32 Å². The fraction of sp³-hybridized carbons (Fsp3) is 0.250. The van der Waals surface area contributed by atoms with Gasteiger partial charge in [0.2, 0.25) is 5.91 Å². The zero-order valence-electron chi connectivity index (χ0n) is 13.2. The number of rotatable bonds is 4. The minimum atomic E-state index is -0.423. The highest BCUT2D eigenvalue weighted by molar-refractivity contribution is 7.13. The Balaban J connectivity index is 1.84. The number of fused-ring (bicyclic) bond motifs is 1. The van der Waals surface area contributed by atoms with E-state index >= 15 is 0 Å². The summed E-state index contributed by atoms with van der Waals surface area (Å²) < 4.78 is 1.01. The van der Waals surface area contributed by atoms with Gasteiger partial charge >= 0.3 is 0 Å². The van der Waals surface area contributed by atoms with E-state index in [9.17, 15) is 14.4 Å². The van der Waals surface area contributed by atoms with Crippen LogP contribution >= 0.6 is 11.3 Å². The normalized spacial score (nSPS) is 11.1. The summed E-state index contributed by atoms with van der Waals surface area (Å²) in [4.78, 5) is 40.8. The number of aromatic nitrogens is 3. The van der Waals surface area contributed by atoms with E-state index in [1.807, 2.05) is 19.2 Å². The molecule has 3 rings (SSSR count). The van der Waals surface area contributed by atoms with Crippen LogP contribution in [0.4, 0.5) is 5.13 Å². The van der Waals surface area contributed by atoms with E-state index in [-0.39, 0.29) is 17.8 Å². The number of carbonyl (C=O) groups excluding carboxylic acids is 1. The Morgan fingerprint density at radius 3 is 2.67 bits per heavy atom. The highest BCUT2D eigenvalue weighted by Gasteiger charge is 2.12. The maximum absolute atomic E-state index is 12.4. The first-order chi connectivity index (χ1) is 11.5. The summed E-state index contributed by atoms with van der Waals surface area (Å²) >= 11 is 1.32. The highest BCUT2D eigenvalue weighted by atomic mass is 32.1. The summed E-state index contributed by atoms with van der Waals surface area (Å²) in [7, 11) is 0. The predicted octanol–water partition coefficient (Wildman–Crippen LogP) is 1.91. The zero-order chi connectivity index (χ0) is 17.3. The van der Waals surface area contributed by atoms with Gasteiger partial charge in [0.05, 0.1) is 16.5 Å². The van der Waals surface area contributed by atoms with Gasteiger partial charge in [0.15, 0.2) is 5.13 Å². The molecule has 0 aliphatic carbocycles. The Bertz CT molecular complexity index is 1020. The Labute approximate surface area is 141 Å². The number of aromatic amines is 1. The van der Waals surface area contributed by atoms with Crippen LogP contribution in [0.15, 0.2) is 39.2 Å². The molecule has 1 aromatic carbocycles. The molecule has 0 saturated heterocycles. The van der Waals surface area contributed by atoms with E-state index in [0.29, 0.717) is 10.5 Å². The summed E-state index contributed by atoms with van der Waals surface area (Å²) in [5, 5.41) is 8.02. The highest BCUT2D eigenvalue weighted by Crippen LogP contribution is 2.21. The fourth-order valence-electron chi connectivity index (χ4n) is 2.27. The van der Waals surface area contributed by atoms with Crippen LogP contribution < -0.4 is 16.4 Å². The van der Waals surface area contributed by atoms with Gasteiger partial charge < -0.3 is 5.32 Å². The molecule has 2 aromatic heterocycles. The maximum Gasteiger partial charge on any atom is 0.273 e. The second kappa shape index (κ2) is 6.40. The molecular weight excluding hydrogens is 328 g/mol. The predicted molar refractivity (Wildman–Crippen MR) is 93.7 cm³/mol. The first-order valence-corrected chi connectivity index (χ1v) is 8.31. The van der Waals surface area contributed by atoms with Crippen molar-refractivity contribution in [3.8, 4) is 0 Å². The Morgan fingerprint density at radius 2 is 2.00 bits per heavy atom. The van der Waals surface area contributed by atoms with Crippen LogP contribution in [0.25, 0.3) is 10.8 Å². The number of H-pyrrole nitrogens is 1. The molecule has 3 aromatic rings. The van der Waals surface area contributed by atoms with Crippen LogP contribution in [0.5, 0.6) is 0 Å². The molecule has 0 aliphatic heterocycles. The number of amides is 1. The molecule has 2 N–H and O–H groups in total. The topological polar surface area (TPSA) is 96.9 Å². The molecule has 8 heteroatoms. The fourth-order valence-corrected chi connectivity index (χ4v) is 3.16. The van der Waals surface area contributed by atoms with Gasteiger partial charge in [-0.3, -0.25) is 19.5 Å². The van der Waals surface area contributed by atoms with E-state index in [1.54, 1.807) is 24.3 Å². The first-order valence-electron chi connectivity index (χ1n) is 7.43. The van der Waals surface area contributed by atoms with Crippen molar-refractivity contribution < 1.29 is 4.79 Å². The van der Waals surface area contributed by atoms with Crippen LogP contribution in [0.2, 0.25) is 0 Å². The third-order valence-corrected chi connectivity index (χ3v) is 4.32. The molecule has 0 saturated carbocycles. The number of hydrogen-bond acceptors (Lipinski definition) is 5. The van der Waals surface area contributed by atoms with Crippen molar-refractivity contribution in [1.29, 1.82) is 0 Å². The largest absolute Gasteiger partial charge is 0.300 e. The molecule has 1 amide bonds. The van der Waals surface area contributed by atoms with Gasteiger partial charge in [-0.2, -0.15) is 0 Å². The Hall–Kier alpha value is -2.74. The van der Waals surface area contributed by atoms with Crippen molar-refractivity contribution in [1.82, 2.24) is 14.8 Å². The maximum atomic E-state index is 12.4. The molecule has 0 unspecified atom stereocenters. The molecule has 0 aliphatic rings. The number of nitrogens with zero attached hydrogens (tertiary/aromatic N) is 2. The van der Waals surface area contributed by atoms with E-state index in [1.165, 1.54) is 11.3 Å². The lowest BCUT2D eigenvalue weighted by Gasteiger charge is -2.06. The molecule has 2 heterocycles. The average Bonchev–Trinajstić information content (AvgIpc) is 3.01. The van der Waals surface area contributed by atoms with Crippen molar-refractivity contribution in [3.63, 3.8) is 0 Å². The second-order valence-electron chi connectivity index (χ2n) is 5.66. The Kier molecular flexibility index (Phi) is 4.30. The summed E-state index contributed by atoms with van der Waals surface area (Å²) in [5.41, 5.74) is 0.0725. The van der Waals surface area contributed by atoms with Crippen molar-refractivity contribution in [3.05, 3.63) is 56.0 Å². The smallest absolute Gasteiger partial charge is 0.273 e. The summed E-state index contributed by atoms with van der Waals surface area (Å²) in [5.74, 6) is -0.154. The zero-order valence-corrected chi connectivity index (χ0v) is 14.0. The molecule has 0 radical (unpaired) electrons. The molecule has 0 spiro atoms. The van der Waals surface area contributed by atoms with Gasteiger partial charge in [0.25, 0.3) is 11.1 Å². The SMILES string of the molecule is CC(C)c1csc(NC(=O)Cn2[nH]c(=O)c3ccccc3c2=O)n1. The lowest BCUT2D eigenvalue weighted by molar-refractivity contribution is -0.117. The molecule has 0 atom stereocenters. The number of nitrogens with one attached hydrogen (secondary N) is 2. The second-order valence-corrected chi connectivity index (χ2v) is 6.52. The lowest BCUT2D eigenvalue weighted by Crippen LogP contribution is -2.34. The summed E-state index contributed by atoms with van der Waals surface area (Å²) in [6.07, 6.45) is 0. The van der Waals surface area contributed by atoms with Gasteiger partial charge in [-0.25, -0.2) is 9.67 Å². The van der Waals surface area contributed by atoms with Crippen LogP contribution in [-0.2, 0) is 11.3 Å². The van der Waals surface area contributed by atoms with E-state index in [4.69, 9.17) is 0 Å². The molecule has 7 nitrogen and oxygen atoms in total. The Morgan fingerprint density at radius 1 is 1.29 bits per heavy atom. The van der Waals surface area contributed by atoms with Crippen LogP contribution in [0, 0.1) is 0 Å². The van der Waals surface area contributed by atoms with Gasteiger partial charge in [0.1, 0.15) is 6.54 Å². The molecule has 124 valence electrons. The van der Waals surface area contributed by atoms with Gasteiger partial charge in [-0.05, 0) is 18.1 Å².